The first-order chi connectivity index (χ1) is 11.9. The van der Waals surface area contributed by atoms with Crippen molar-refractivity contribution < 1.29 is 19.4 Å². The van der Waals surface area contributed by atoms with Gasteiger partial charge in [-0.1, -0.05) is 30.1 Å². The van der Waals surface area contributed by atoms with E-state index in [1.165, 1.54) is 23.1 Å². The first kappa shape index (κ1) is 18.5. The zero-order chi connectivity index (χ0) is 18.2. The lowest BCUT2D eigenvalue weighted by atomic mass is 9.96. The van der Waals surface area contributed by atoms with Crippen LogP contribution in [0.5, 0.6) is 0 Å². The Balaban J connectivity index is 1.95. The number of piperidine rings is 1. The first-order valence-electron chi connectivity index (χ1n) is 8.25. The van der Waals surface area contributed by atoms with Crippen molar-refractivity contribution in [1.82, 2.24) is 9.80 Å². The summed E-state index contributed by atoms with van der Waals surface area (Å²) >= 11 is 12.0. The molecule has 25 heavy (non-hydrogen) atoms. The van der Waals surface area contributed by atoms with Crippen molar-refractivity contribution in [3.8, 4) is 0 Å². The maximum absolute atomic E-state index is 13.1. The number of carboxylic acids is 1. The number of amides is 1. The van der Waals surface area contributed by atoms with Crippen LogP contribution in [0.2, 0.25) is 10.0 Å². The first-order valence-corrected chi connectivity index (χ1v) is 9.01. The lowest BCUT2D eigenvalue weighted by molar-refractivity contribution is -0.143. The number of ether oxygens (including phenoxy) is 1. The predicted molar refractivity (Wildman–Crippen MR) is 94.1 cm³/mol. The van der Waals surface area contributed by atoms with Gasteiger partial charge in [0.15, 0.2) is 6.04 Å². The summed E-state index contributed by atoms with van der Waals surface area (Å²) in [7, 11) is 0. The van der Waals surface area contributed by atoms with E-state index in [0.717, 1.165) is 19.6 Å². The molecule has 1 aromatic carbocycles. The predicted octanol–water partition coefficient (Wildman–Crippen LogP) is 2.73. The lowest BCUT2D eigenvalue weighted by Crippen LogP contribution is -2.58. The molecule has 2 fully saturated rings. The van der Waals surface area contributed by atoms with E-state index in [-0.39, 0.29) is 12.2 Å². The Kier molecular flexibility index (Phi) is 5.25. The second-order valence-corrected chi connectivity index (χ2v) is 7.25. The zero-order valence-electron chi connectivity index (χ0n) is 13.9. The minimum atomic E-state index is -1.07. The molecular weight excluding hydrogens is 367 g/mol. The van der Waals surface area contributed by atoms with Crippen LogP contribution in [0.4, 0.5) is 0 Å². The molecular formula is C17H20Cl2N2O4. The number of rotatable bonds is 3. The SMILES string of the molecule is CCN1CCC2(CC1)OC[C@H](C(=O)O)N2C(=O)c1cc(Cl)cc(Cl)c1. The quantitative estimate of drug-likeness (QED) is 0.864. The number of hydrogen-bond donors (Lipinski definition) is 1. The van der Waals surface area contributed by atoms with Gasteiger partial charge in [-0.2, -0.15) is 0 Å². The Bertz CT molecular complexity index is 669. The molecule has 0 saturated carbocycles. The molecule has 0 aliphatic carbocycles. The molecule has 2 aliphatic heterocycles. The minimum Gasteiger partial charge on any atom is -0.480 e. The topological polar surface area (TPSA) is 70.1 Å². The number of likely N-dealkylation sites (tertiary alicyclic amines) is 1. The highest BCUT2D eigenvalue weighted by Crippen LogP contribution is 2.38. The molecule has 2 saturated heterocycles. The number of benzene rings is 1. The fourth-order valence-corrected chi connectivity index (χ4v) is 4.12. The summed E-state index contributed by atoms with van der Waals surface area (Å²) in [5, 5.41) is 10.2. The Hall–Kier alpha value is -1.34. The van der Waals surface area contributed by atoms with E-state index in [9.17, 15) is 14.7 Å². The standard InChI is InChI=1S/C17H20Cl2N2O4/c1-2-20-5-3-17(4-6-20)21(14(10-25-17)16(23)24)15(22)11-7-12(18)9-13(19)8-11/h7-9,14H,2-6,10H2,1H3,(H,23,24)/t14-/m1/s1. The van der Waals surface area contributed by atoms with E-state index in [4.69, 9.17) is 27.9 Å². The molecule has 1 spiro atoms. The van der Waals surface area contributed by atoms with Gasteiger partial charge in [0.25, 0.3) is 5.91 Å². The van der Waals surface area contributed by atoms with Crippen LogP contribution in [0.25, 0.3) is 0 Å². The molecule has 8 heteroatoms. The van der Waals surface area contributed by atoms with Crippen molar-refractivity contribution in [1.29, 1.82) is 0 Å². The number of hydrogen-bond acceptors (Lipinski definition) is 4. The number of aliphatic carboxylic acids is 1. The van der Waals surface area contributed by atoms with Gasteiger partial charge >= 0.3 is 5.97 Å². The van der Waals surface area contributed by atoms with Crippen LogP contribution in [0.15, 0.2) is 18.2 Å². The highest BCUT2D eigenvalue weighted by molar-refractivity contribution is 6.35. The van der Waals surface area contributed by atoms with Gasteiger partial charge in [-0.05, 0) is 24.7 Å². The number of halogens is 2. The Morgan fingerprint density at radius 2 is 1.84 bits per heavy atom. The van der Waals surface area contributed by atoms with Crippen molar-refractivity contribution in [2.75, 3.05) is 26.2 Å². The number of carbonyl (C=O) groups is 2. The lowest BCUT2D eigenvalue weighted by Gasteiger charge is -2.44. The fourth-order valence-electron chi connectivity index (χ4n) is 3.59. The van der Waals surface area contributed by atoms with Gasteiger partial charge in [-0.3, -0.25) is 9.69 Å². The van der Waals surface area contributed by atoms with Gasteiger partial charge in [-0.25, -0.2) is 4.79 Å². The average Bonchev–Trinajstić information content (AvgIpc) is 2.93. The molecule has 1 atom stereocenters. The molecule has 2 heterocycles. The van der Waals surface area contributed by atoms with Crippen LogP contribution in [-0.4, -0.2) is 64.8 Å². The Morgan fingerprint density at radius 1 is 1.24 bits per heavy atom. The van der Waals surface area contributed by atoms with Gasteiger partial charge in [0.2, 0.25) is 0 Å². The summed E-state index contributed by atoms with van der Waals surface area (Å²) in [6.07, 6.45) is 1.15. The van der Waals surface area contributed by atoms with Gasteiger partial charge < -0.3 is 14.7 Å². The monoisotopic (exact) mass is 386 g/mol. The molecule has 6 nitrogen and oxygen atoms in total. The van der Waals surface area contributed by atoms with Crippen molar-refractivity contribution in [3.63, 3.8) is 0 Å². The van der Waals surface area contributed by atoms with Crippen molar-refractivity contribution >= 4 is 35.1 Å². The van der Waals surface area contributed by atoms with Gasteiger partial charge in [0.1, 0.15) is 5.72 Å². The summed E-state index contributed by atoms with van der Waals surface area (Å²) in [6.45, 7) is 4.48. The fraction of sp³-hybridized carbons (Fsp3) is 0.529. The van der Waals surface area contributed by atoms with Crippen LogP contribution in [0.1, 0.15) is 30.1 Å². The number of carboxylic acid groups (broad SMARTS) is 1. The zero-order valence-corrected chi connectivity index (χ0v) is 15.4. The van der Waals surface area contributed by atoms with Crippen LogP contribution in [0.3, 0.4) is 0 Å². The van der Waals surface area contributed by atoms with Crippen LogP contribution < -0.4 is 0 Å². The Morgan fingerprint density at radius 3 is 2.36 bits per heavy atom. The van der Waals surface area contributed by atoms with Crippen LogP contribution in [-0.2, 0) is 9.53 Å². The van der Waals surface area contributed by atoms with E-state index >= 15 is 0 Å². The largest absolute Gasteiger partial charge is 0.480 e. The molecule has 2 aliphatic rings. The number of carbonyl (C=O) groups excluding carboxylic acids is 1. The molecule has 0 unspecified atom stereocenters. The van der Waals surface area contributed by atoms with E-state index < -0.39 is 23.6 Å². The molecule has 1 amide bonds. The Labute approximate surface area is 156 Å². The second-order valence-electron chi connectivity index (χ2n) is 6.38. The molecule has 136 valence electrons. The molecule has 0 aromatic heterocycles. The van der Waals surface area contributed by atoms with Crippen molar-refractivity contribution in [2.45, 2.75) is 31.5 Å². The summed E-state index contributed by atoms with van der Waals surface area (Å²) in [4.78, 5) is 28.5. The smallest absolute Gasteiger partial charge is 0.328 e. The van der Waals surface area contributed by atoms with E-state index in [0.29, 0.717) is 22.9 Å². The third-order valence-corrected chi connectivity index (χ3v) is 5.39. The second kappa shape index (κ2) is 7.11. The molecule has 3 rings (SSSR count). The maximum atomic E-state index is 13.1. The maximum Gasteiger partial charge on any atom is 0.328 e. The number of nitrogens with zero attached hydrogens (tertiary/aromatic N) is 2. The van der Waals surface area contributed by atoms with E-state index in [2.05, 4.69) is 11.8 Å². The van der Waals surface area contributed by atoms with Crippen molar-refractivity contribution in [3.05, 3.63) is 33.8 Å². The molecule has 1 aromatic rings. The van der Waals surface area contributed by atoms with Gasteiger partial charge in [0.05, 0.1) is 6.61 Å². The van der Waals surface area contributed by atoms with E-state index in [1.54, 1.807) is 0 Å². The molecule has 0 bridgehead atoms. The van der Waals surface area contributed by atoms with Gasteiger partial charge in [-0.15, -0.1) is 0 Å². The summed E-state index contributed by atoms with van der Waals surface area (Å²) in [5.41, 5.74) is -0.618. The summed E-state index contributed by atoms with van der Waals surface area (Å²) < 4.78 is 5.90. The molecule has 1 N–H and O–H groups in total. The van der Waals surface area contributed by atoms with Crippen LogP contribution >= 0.6 is 23.2 Å². The average molecular weight is 387 g/mol. The summed E-state index contributed by atoms with van der Waals surface area (Å²) in [6, 6.07) is 3.52. The minimum absolute atomic E-state index is 0.0124. The van der Waals surface area contributed by atoms with Gasteiger partial charge in [0, 0.05) is 41.5 Å². The normalized spacial score (nSPS) is 23.2. The summed E-state index contributed by atoms with van der Waals surface area (Å²) in [5.74, 6) is -1.49. The van der Waals surface area contributed by atoms with Crippen molar-refractivity contribution in [2.24, 2.45) is 0 Å². The van der Waals surface area contributed by atoms with Crippen LogP contribution in [0, 0.1) is 0 Å². The third-order valence-electron chi connectivity index (χ3n) is 4.96. The van der Waals surface area contributed by atoms with E-state index in [1.807, 2.05) is 0 Å². The molecule has 0 radical (unpaired) electrons. The highest BCUT2D eigenvalue weighted by Gasteiger charge is 2.53. The third kappa shape index (κ3) is 3.49. The highest BCUT2D eigenvalue weighted by atomic mass is 35.5.